The van der Waals surface area contributed by atoms with Crippen molar-refractivity contribution in [3.63, 3.8) is 0 Å². The van der Waals surface area contributed by atoms with Crippen LogP contribution < -0.4 is 0 Å². The minimum absolute atomic E-state index is 0.0405. The SMILES string of the molecule is Cc1cnc2c(c1)nc(-c1ccc(C)c(C)c1)n2CCC(=O)O. The number of carbonyl (C=O) groups is 1. The summed E-state index contributed by atoms with van der Waals surface area (Å²) in [6, 6.07) is 8.14. The fourth-order valence-electron chi connectivity index (χ4n) is 2.63. The Morgan fingerprint density at radius 1 is 1.17 bits per heavy atom. The molecule has 118 valence electrons. The molecule has 3 aromatic rings. The van der Waals surface area contributed by atoms with Gasteiger partial charge in [-0.15, -0.1) is 0 Å². The molecule has 5 heteroatoms. The van der Waals surface area contributed by atoms with Gasteiger partial charge in [-0.3, -0.25) is 4.79 Å². The van der Waals surface area contributed by atoms with Gasteiger partial charge in [0.2, 0.25) is 0 Å². The predicted octanol–water partition coefficient (Wildman–Crippen LogP) is 3.50. The Labute approximate surface area is 134 Å². The average molecular weight is 309 g/mol. The van der Waals surface area contributed by atoms with Gasteiger partial charge in [0.05, 0.1) is 6.42 Å². The lowest BCUT2D eigenvalue weighted by Crippen LogP contribution is -2.07. The first-order chi connectivity index (χ1) is 11.0. The van der Waals surface area contributed by atoms with Crippen LogP contribution in [0.3, 0.4) is 0 Å². The van der Waals surface area contributed by atoms with Crippen molar-refractivity contribution in [2.24, 2.45) is 0 Å². The molecule has 0 fully saturated rings. The van der Waals surface area contributed by atoms with E-state index in [1.54, 1.807) is 6.20 Å². The van der Waals surface area contributed by atoms with Crippen molar-refractivity contribution >= 4 is 17.1 Å². The highest BCUT2D eigenvalue weighted by atomic mass is 16.4. The topological polar surface area (TPSA) is 68.0 Å². The molecule has 0 aliphatic rings. The molecule has 0 aliphatic carbocycles. The largest absolute Gasteiger partial charge is 0.481 e. The highest BCUT2D eigenvalue weighted by Gasteiger charge is 2.15. The van der Waals surface area contributed by atoms with Gasteiger partial charge in [-0.1, -0.05) is 12.1 Å². The summed E-state index contributed by atoms with van der Waals surface area (Å²) in [6.45, 7) is 6.45. The lowest BCUT2D eigenvalue weighted by Gasteiger charge is -2.09. The number of hydrogen-bond acceptors (Lipinski definition) is 3. The number of fused-ring (bicyclic) bond motifs is 1. The van der Waals surface area contributed by atoms with Crippen LogP contribution in [0.1, 0.15) is 23.1 Å². The highest BCUT2D eigenvalue weighted by Crippen LogP contribution is 2.26. The van der Waals surface area contributed by atoms with E-state index in [1.165, 1.54) is 11.1 Å². The second-order valence-electron chi connectivity index (χ2n) is 5.89. The maximum absolute atomic E-state index is 11.0. The Morgan fingerprint density at radius 3 is 2.65 bits per heavy atom. The molecule has 1 N–H and O–H groups in total. The molecule has 3 rings (SSSR count). The number of pyridine rings is 1. The molecule has 0 atom stereocenters. The molecule has 0 saturated carbocycles. The van der Waals surface area contributed by atoms with Crippen LogP contribution in [-0.2, 0) is 11.3 Å². The van der Waals surface area contributed by atoms with Crippen molar-refractivity contribution in [1.82, 2.24) is 14.5 Å². The third kappa shape index (κ3) is 2.95. The number of nitrogens with zero attached hydrogens (tertiary/aromatic N) is 3. The van der Waals surface area contributed by atoms with Crippen molar-refractivity contribution in [3.8, 4) is 11.4 Å². The van der Waals surface area contributed by atoms with Gasteiger partial charge in [0.1, 0.15) is 11.3 Å². The third-order valence-corrected chi connectivity index (χ3v) is 4.04. The number of rotatable bonds is 4. The molecule has 2 heterocycles. The zero-order chi connectivity index (χ0) is 16.6. The zero-order valence-electron chi connectivity index (χ0n) is 13.5. The van der Waals surface area contributed by atoms with Crippen LogP contribution in [-0.4, -0.2) is 25.6 Å². The van der Waals surface area contributed by atoms with Crippen LogP contribution in [0.25, 0.3) is 22.6 Å². The van der Waals surface area contributed by atoms with Crippen LogP contribution in [0.2, 0.25) is 0 Å². The molecule has 0 bridgehead atoms. The molecule has 0 saturated heterocycles. The summed E-state index contributed by atoms with van der Waals surface area (Å²) in [5, 5.41) is 9.02. The van der Waals surface area contributed by atoms with Gasteiger partial charge in [0.25, 0.3) is 0 Å². The Morgan fingerprint density at radius 2 is 1.96 bits per heavy atom. The van der Waals surface area contributed by atoms with E-state index in [0.717, 1.165) is 28.1 Å². The summed E-state index contributed by atoms with van der Waals surface area (Å²) < 4.78 is 1.90. The second-order valence-corrected chi connectivity index (χ2v) is 5.89. The van der Waals surface area contributed by atoms with Crippen LogP contribution in [0.4, 0.5) is 0 Å². The number of carboxylic acid groups (broad SMARTS) is 1. The van der Waals surface area contributed by atoms with E-state index in [0.29, 0.717) is 6.54 Å². The monoisotopic (exact) mass is 309 g/mol. The normalized spacial score (nSPS) is 11.1. The van der Waals surface area contributed by atoms with E-state index in [4.69, 9.17) is 10.1 Å². The molecule has 2 aromatic heterocycles. The fourth-order valence-corrected chi connectivity index (χ4v) is 2.63. The first-order valence-electron chi connectivity index (χ1n) is 7.58. The van der Waals surface area contributed by atoms with Gasteiger partial charge < -0.3 is 9.67 Å². The molecule has 1 aromatic carbocycles. The quantitative estimate of drug-likeness (QED) is 0.801. The molecule has 0 spiro atoms. The molecule has 0 aliphatic heterocycles. The van der Waals surface area contributed by atoms with Gasteiger partial charge in [-0.05, 0) is 49.6 Å². The number of hydrogen-bond donors (Lipinski definition) is 1. The molecule has 0 amide bonds. The van der Waals surface area contributed by atoms with Crippen LogP contribution in [0.5, 0.6) is 0 Å². The molecule has 0 unspecified atom stereocenters. The molecule has 23 heavy (non-hydrogen) atoms. The van der Waals surface area contributed by atoms with E-state index in [9.17, 15) is 4.79 Å². The summed E-state index contributed by atoms with van der Waals surface area (Å²) in [4.78, 5) is 20.1. The predicted molar refractivity (Wildman–Crippen MR) is 89.4 cm³/mol. The van der Waals surface area contributed by atoms with E-state index in [2.05, 4.69) is 31.0 Å². The van der Waals surface area contributed by atoms with Gasteiger partial charge in [-0.25, -0.2) is 9.97 Å². The van der Waals surface area contributed by atoms with E-state index >= 15 is 0 Å². The maximum atomic E-state index is 11.0. The Kier molecular flexibility index (Phi) is 3.86. The van der Waals surface area contributed by atoms with Crippen LogP contribution in [0, 0.1) is 20.8 Å². The molecule has 5 nitrogen and oxygen atoms in total. The second kappa shape index (κ2) is 5.83. The van der Waals surface area contributed by atoms with E-state index in [-0.39, 0.29) is 6.42 Å². The minimum Gasteiger partial charge on any atom is -0.481 e. The minimum atomic E-state index is -0.829. The average Bonchev–Trinajstić information content (AvgIpc) is 2.85. The third-order valence-electron chi connectivity index (χ3n) is 4.04. The lowest BCUT2D eigenvalue weighted by atomic mass is 10.1. The molecular formula is C18H19N3O2. The Bertz CT molecular complexity index is 897. The summed E-state index contributed by atoms with van der Waals surface area (Å²) >= 11 is 0. The zero-order valence-corrected chi connectivity index (χ0v) is 13.5. The van der Waals surface area contributed by atoms with Gasteiger partial charge in [0, 0.05) is 18.3 Å². The number of imidazole rings is 1. The van der Waals surface area contributed by atoms with E-state index < -0.39 is 5.97 Å². The number of aromatic nitrogens is 3. The van der Waals surface area contributed by atoms with Gasteiger partial charge in [0.15, 0.2) is 5.65 Å². The Hall–Kier alpha value is -2.69. The smallest absolute Gasteiger partial charge is 0.305 e. The standard InChI is InChI=1S/C18H19N3O2/c1-11-8-15-18(19-10-11)21(7-6-16(22)23)17(20-15)14-5-4-12(2)13(3)9-14/h4-5,8-10H,6-7H2,1-3H3,(H,22,23). The molecular weight excluding hydrogens is 290 g/mol. The number of benzene rings is 1. The van der Waals surface area contributed by atoms with Crippen molar-refractivity contribution < 1.29 is 9.90 Å². The van der Waals surface area contributed by atoms with Gasteiger partial charge >= 0.3 is 5.97 Å². The summed E-state index contributed by atoms with van der Waals surface area (Å²) in [5.74, 6) is -0.0625. The van der Waals surface area contributed by atoms with Gasteiger partial charge in [-0.2, -0.15) is 0 Å². The van der Waals surface area contributed by atoms with Crippen molar-refractivity contribution in [3.05, 3.63) is 47.2 Å². The number of aliphatic carboxylic acids is 1. The molecule has 0 radical (unpaired) electrons. The summed E-state index contributed by atoms with van der Waals surface area (Å²) in [7, 11) is 0. The van der Waals surface area contributed by atoms with Crippen LogP contribution in [0.15, 0.2) is 30.5 Å². The van der Waals surface area contributed by atoms with Crippen molar-refractivity contribution in [1.29, 1.82) is 0 Å². The Balaban J connectivity index is 2.18. The summed E-state index contributed by atoms with van der Waals surface area (Å²) in [6.07, 6.45) is 1.82. The first kappa shape index (κ1) is 15.2. The first-order valence-corrected chi connectivity index (χ1v) is 7.58. The highest BCUT2D eigenvalue weighted by molar-refractivity contribution is 5.78. The maximum Gasteiger partial charge on any atom is 0.305 e. The summed E-state index contributed by atoms with van der Waals surface area (Å²) in [5.41, 5.74) is 5.94. The fraction of sp³-hybridized carbons (Fsp3) is 0.278. The van der Waals surface area contributed by atoms with E-state index in [1.807, 2.05) is 23.6 Å². The van der Waals surface area contributed by atoms with Crippen molar-refractivity contribution in [2.45, 2.75) is 33.7 Å². The lowest BCUT2D eigenvalue weighted by molar-refractivity contribution is -0.137. The van der Waals surface area contributed by atoms with Crippen LogP contribution >= 0.6 is 0 Å². The van der Waals surface area contributed by atoms with Crippen molar-refractivity contribution in [2.75, 3.05) is 0 Å². The number of carboxylic acids is 1. The number of aryl methyl sites for hydroxylation is 4.